The maximum atomic E-state index is 11.4. The first-order chi connectivity index (χ1) is 8.56. The third kappa shape index (κ3) is 3.12. The lowest BCUT2D eigenvalue weighted by Gasteiger charge is -2.10. The summed E-state index contributed by atoms with van der Waals surface area (Å²) in [5, 5.41) is 9.33. The van der Waals surface area contributed by atoms with Gasteiger partial charge in [-0.25, -0.2) is 0 Å². The van der Waals surface area contributed by atoms with Gasteiger partial charge in [-0.15, -0.1) is 11.3 Å². The Kier molecular flexibility index (Phi) is 4.04. The Labute approximate surface area is 115 Å². The van der Waals surface area contributed by atoms with Gasteiger partial charge in [-0.3, -0.25) is 4.79 Å². The molecule has 0 radical (unpaired) electrons. The summed E-state index contributed by atoms with van der Waals surface area (Å²) in [7, 11) is 0. The Bertz CT molecular complexity index is 562. The highest BCUT2D eigenvalue weighted by Gasteiger charge is 2.22. The molecular weight excluding hydrogens is 268 g/mol. The zero-order chi connectivity index (χ0) is 13.1. The number of aliphatic carboxylic acids is 1. The van der Waals surface area contributed by atoms with Crippen LogP contribution in [0.4, 0.5) is 0 Å². The van der Waals surface area contributed by atoms with Crippen molar-refractivity contribution in [3.63, 3.8) is 0 Å². The molecule has 0 fully saturated rings. The number of thiophene rings is 1. The van der Waals surface area contributed by atoms with Crippen LogP contribution in [0.5, 0.6) is 0 Å². The number of carboxylic acid groups (broad SMARTS) is 1. The van der Waals surface area contributed by atoms with Gasteiger partial charge >= 0.3 is 5.97 Å². The largest absolute Gasteiger partial charge is 0.481 e. The van der Waals surface area contributed by atoms with Gasteiger partial charge in [0.2, 0.25) is 0 Å². The van der Waals surface area contributed by atoms with Gasteiger partial charge in [0.15, 0.2) is 0 Å². The smallest absolute Gasteiger partial charge is 0.312 e. The molecule has 1 N–H and O–H groups in total. The molecule has 0 aliphatic carbocycles. The van der Waals surface area contributed by atoms with Crippen molar-refractivity contribution in [2.24, 2.45) is 0 Å². The molecule has 1 heterocycles. The van der Waals surface area contributed by atoms with E-state index in [1.165, 1.54) is 11.3 Å². The Morgan fingerprint density at radius 2 is 2.17 bits per heavy atom. The van der Waals surface area contributed by atoms with Crippen LogP contribution in [0.15, 0.2) is 36.4 Å². The fourth-order valence-electron chi connectivity index (χ4n) is 1.90. The van der Waals surface area contributed by atoms with Gasteiger partial charge < -0.3 is 5.11 Å². The zero-order valence-electron chi connectivity index (χ0n) is 9.89. The number of halogens is 1. The van der Waals surface area contributed by atoms with Crippen molar-refractivity contribution >= 4 is 28.9 Å². The predicted octanol–water partition coefficient (Wildman–Crippen LogP) is 4.12. The topological polar surface area (TPSA) is 37.3 Å². The lowest BCUT2D eigenvalue weighted by molar-refractivity contribution is -0.138. The van der Waals surface area contributed by atoms with Crippen molar-refractivity contribution in [1.82, 2.24) is 0 Å². The van der Waals surface area contributed by atoms with Gasteiger partial charge in [0.05, 0.1) is 10.3 Å². The van der Waals surface area contributed by atoms with E-state index in [0.717, 1.165) is 16.0 Å². The number of rotatable bonds is 4. The molecule has 94 valence electrons. The molecule has 1 unspecified atom stereocenters. The Balaban J connectivity index is 2.24. The molecule has 2 nitrogen and oxygen atoms in total. The standard InChI is InChI=1S/C14H13ClO2S/c1-9-3-2-4-10(7-9)8-11(14(16)17)12-5-6-13(15)18-12/h2-7,11H,8H2,1H3,(H,16,17). The molecule has 0 amide bonds. The normalized spacial score (nSPS) is 12.3. The highest BCUT2D eigenvalue weighted by molar-refractivity contribution is 7.16. The minimum Gasteiger partial charge on any atom is -0.481 e. The zero-order valence-corrected chi connectivity index (χ0v) is 11.5. The van der Waals surface area contributed by atoms with E-state index < -0.39 is 11.9 Å². The van der Waals surface area contributed by atoms with E-state index in [4.69, 9.17) is 11.6 Å². The summed E-state index contributed by atoms with van der Waals surface area (Å²) in [6.07, 6.45) is 0.494. The number of carboxylic acids is 1. The molecule has 0 saturated carbocycles. The van der Waals surface area contributed by atoms with E-state index in [-0.39, 0.29) is 0 Å². The fourth-order valence-corrected chi connectivity index (χ4v) is 3.05. The average Bonchev–Trinajstić information content (AvgIpc) is 2.72. The average molecular weight is 281 g/mol. The van der Waals surface area contributed by atoms with Crippen LogP contribution in [-0.2, 0) is 11.2 Å². The monoisotopic (exact) mass is 280 g/mol. The molecule has 0 bridgehead atoms. The highest BCUT2D eigenvalue weighted by Crippen LogP contribution is 2.30. The molecule has 1 atom stereocenters. The van der Waals surface area contributed by atoms with Gasteiger partial charge in [0.1, 0.15) is 0 Å². The van der Waals surface area contributed by atoms with Crippen molar-refractivity contribution in [2.45, 2.75) is 19.3 Å². The molecule has 2 aromatic rings. The molecule has 0 saturated heterocycles. The van der Waals surface area contributed by atoms with Crippen LogP contribution in [0.3, 0.4) is 0 Å². The van der Waals surface area contributed by atoms with Gasteiger partial charge in [0.25, 0.3) is 0 Å². The second kappa shape index (κ2) is 5.55. The molecule has 1 aromatic carbocycles. The maximum Gasteiger partial charge on any atom is 0.312 e. The summed E-state index contributed by atoms with van der Waals surface area (Å²) in [4.78, 5) is 12.2. The van der Waals surface area contributed by atoms with Crippen LogP contribution >= 0.6 is 22.9 Å². The molecule has 2 rings (SSSR count). The molecular formula is C14H13ClO2S. The van der Waals surface area contributed by atoms with Crippen molar-refractivity contribution in [3.8, 4) is 0 Å². The van der Waals surface area contributed by atoms with E-state index in [9.17, 15) is 9.90 Å². The first kappa shape index (κ1) is 13.1. The fraction of sp³-hybridized carbons (Fsp3) is 0.214. The van der Waals surface area contributed by atoms with Gasteiger partial charge in [0, 0.05) is 4.88 Å². The molecule has 0 aliphatic heterocycles. The van der Waals surface area contributed by atoms with Crippen molar-refractivity contribution in [1.29, 1.82) is 0 Å². The summed E-state index contributed by atoms with van der Waals surface area (Å²) in [5.74, 6) is -1.33. The van der Waals surface area contributed by atoms with Crippen LogP contribution in [0.2, 0.25) is 4.34 Å². The summed E-state index contributed by atoms with van der Waals surface area (Å²) >= 11 is 7.20. The molecule has 0 aliphatic rings. The van der Waals surface area contributed by atoms with Crippen LogP contribution in [-0.4, -0.2) is 11.1 Å². The van der Waals surface area contributed by atoms with E-state index >= 15 is 0 Å². The van der Waals surface area contributed by atoms with Crippen molar-refractivity contribution < 1.29 is 9.90 Å². The SMILES string of the molecule is Cc1cccc(CC(C(=O)O)c2ccc(Cl)s2)c1. The third-order valence-corrected chi connectivity index (χ3v) is 4.10. The predicted molar refractivity (Wildman–Crippen MR) is 74.6 cm³/mol. The second-order valence-electron chi connectivity index (χ2n) is 4.23. The third-order valence-electron chi connectivity index (χ3n) is 2.76. The lowest BCUT2D eigenvalue weighted by Crippen LogP contribution is -2.13. The van der Waals surface area contributed by atoms with Gasteiger partial charge in [-0.2, -0.15) is 0 Å². The van der Waals surface area contributed by atoms with Crippen molar-refractivity contribution in [2.75, 3.05) is 0 Å². The molecule has 1 aromatic heterocycles. The highest BCUT2D eigenvalue weighted by atomic mass is 35.5. The summed E-state index contributed by atoms with van der Waals surface area (Å²) in [6.45, 7) is 2.00. The first-order valence-electron chi connectivity index (χ1n) is 5.60. The maximum absolute atomic E-state index is 11.4. The minimum absolute atomic E-state index is 0.494. The molecule has 0 spiro atoms. The summed E-state index contributed by atoms with van der Waals surface area (Å²) in [5.41, 5.74) is 2.17. The van der Waals surface area contributed by atoms with Gasteiger partial charge in [-0.1, -0.05) is 41.4 Å². The Hall–Kier alpha value is -1.32. The Morgan fingerprint density at radius 3 is 2.72 bits per heavy atom. The second-order valence-corrected chi connectivity index (χ2v) is 5.97. The van der Waals surface area contributed by atoms with Crippen LogP contribution < -0.4 is 0 Å². The van der Waals surface area contributed by atoms with Crippen LogP contribution in [0.25, 0.3) is 0 Å². The molecule has 18 heavy (non-hydrogen) atoms. The Morgan fingerprint density at radius 1 is 1.39 bits per heavy atom. The first-order valence-corrected chi connectivity index (χ1v) is 6.79. The summed E-state index contributed by atoms with van der Waals surface area (Å²) in [6, 6.07) is 11.5. The number of hydrogen-bond donors (Lipinski definition) is 1. The molecule has 4 heteroatoms. The van der Waals surface area contributed by atoms with E-state index in [0.29, 0.717) is 10.8 Å². The number of carbonyl (C=O) groups is 1. The van der Waals surface area contributed by atoms with E-state index in [1.54, 1.807) is 12.1 Å². The number of aryl methyl sites for hydroxylation is 1. The minimum atomic E-state index is -0.810. The lowest BCUT2D eigenvalue weighted by atomic mass is 9.97. The van der Waals surface area contributed by atoms with Crippen LogP contribution in [0.1, 0.15) is 21.9 Å². The number of benzene rings is 1. The van der Waals surface area contributed by atoms with E-state index in [1.807, 2.05) is 31.2 Å². The number of hydrogen-bond acceptors (Lipinski definition) is 2. The van der Waals surface area contributed by atoms with E-state index in [2.05, 4.69) is 0 Å². The summed E-state index contributed by atoms with van der Waals surface area (Å²) < 4.78 is 0.625. The van der Waals surface area contributed by atoms with Crippen molar-refractivity contribution in [3.05, 3.63) is 56.7 Å². The van der Waals surface area contributed by atoms with Gasteiger partial charge in [-0.05, 0) is 31.0 Å². The quantitative estimate of drug-likeness (QED) is 0.915. The van der Waals surface area contributed by atoms with Crippen LogP contribution in [0, 0.1) is 6.92 Å².